The van der Waals surface area contributed by atoms with Gasteiger partial charge in [0.2, 0.25) is 5.91 Å². The third-order valence-corrected chi connectivity index (χ3v) is 4.02. The first-order chi connectivity index (χ1) is 9.81. The molecule has 20 heavy (non-hydrogen) atoms. The molecular formula is C16H21N3O. The summed E-state index contributed by atoms with van der Waals surface area (Å²) in [4.78, 5) is 15.1. The molecule has 106 valence electrons. The second-order valence-corrected chi connectivity index (χ2v) is 5.58. The number of aromatic nitrogens is 1. The summed E-state index contributed by atoms with van der Waals surface area (Å²) in [6.07, 6.45) is 5.97. The molecule has 3 rings (SSSR count). The van der Waals surface area contributed by atoms with Crippen molar-refractivity contribution in [2.75, 3.05) is 18.4 Å². The molecule has 1 amide bonds. The molecule has 4 heteroatoms. The van der Waals surface area contributed by atoms with E-state index in [2.05, 4.69) is 15.6 Å². The number of aromatic amines is 1. The van der Waals surface area contributed by atoms with Gasteiger partial charge in [0.25, 0.3) is 0 Å². The summed E-state index contributed by atoms with van der Waals surface area (Å²) in [6.45, 7) is 2.18. The average Bonchev–Trinajstić information content (AvgIpc) is 2.94. The molecule has 2 aromatic rings. The van der Waals surface area contributed by atoms with E-state index < -0.39 is 0 Å². The van der Waals surface area contributed by atoms with Gasteiger partial charge in [0.15, 0.2) is 0 Å². The lowest BCUT2D eigenvalue weighted by molar-refractivity contribution is -0.116. The molecule has 1 unspecified atom stereocenters. The lowest BCUT2D eigenvalue weighted by atomic mass is 9.94. The van der Waals surface area contributed by atoms with Crippen LogP contribution in [0.4, 0.5) is 5.69 Å². The molecule has 1 saturated heterocycles. The van der Waals surface area contributed by atoms with Gasteiger partial charge in [0, 0.05) is 29.2 Å². The summed E-state index contributed by atoms with van der Waals surface area (Å²) in [7, 11) is 0. The normalized spacial score (nSPS) is 19.1. The van der Waals surface area contributed by atoms with Crippen LogP contribution in [0.2, 0.25) is 0 Å². The highest BCUT2D eigenvalue weighted by Crippen LogP contribution is 2.19. The van der Waals surface area contributed by atoms with Crippen LogP contribution in [0.1, 0.15) is 25.7 Å². The highest BCUT2D eigenvalue weighted by atomic mass is 16.1. The number of benzene rings is 1. The minimum absolute atomic E-state index is 0.116. The van der Waals surface area contributed by atoms with E-state index in [1.165, 1.54) is 12.8 Å². The number of piperidine rings is 1. The van der Waals surface area contributed by atoms with E-state index >= 15 is 0 Å². The van der Waals surface area contributed by atoms with Crippen molar-refractivity contribution >= 4 is 22.5 Å². The number of H-pyrrole nitrogens is 1. The van der Waals surface area contributed by atoms with Crippen molar-refractivity contribution in [3.05, 3.63) is 30.5 Å². The molecule has 1 aliphatic rings. The van der Waals surface area contributed by atoms with Gasteiger partial charge in [0.1, 0.15) is 0 Å². The van der Waals surface area contributed by atoms with Crippen molar-refractivity contribution in [3.63, 3.8) is 0 Å². The molecular weight excluding hydrogens is 250 g/mol. The summed E-state index contributed by atoms with van der Waals surface area (Å²) in [5.41, 5.74) is 1.97. The Morgan fingerprint density at radius 2 is 2.30 bits per heavy atom. The van der Waals surface area contributed by atoms with Gasteiger partial charge in [-0.1, -0.05) is 0 Å². The fourth-order valence-corrected chi connectivity index (χ4v) is 2.86. The van der Waals surface area contributed by atoms with Gasteiger partial charge in [-0.2, -0.15) is 0 Å². The monoisotopic (exact) mass is 271 g/mol. The molecule has 1 aromatic carbocycles. The first-order valence-electron chi connectivity index (χ1n) is 7.39. The maximum absolute atomic E-state index is 12.0. The van der Waals surface area contributed by atoms with Crippen molar-refractivity contribution < 1.29 is 4.79 Å². The van der Waals surface area contributed by atoms with Gasteiger partial charge in [-0.25, -0.2) is 0 Å². The number of carbonyl (C=O) groups excluding carboxylic acids is 1. The van der Waals surface area contributed by atoms with Gasteiger partial charge in [0.05, 0.1) is 0 Å². The van der Waals surface area contributed by atoms with E-state index in [1.54, 1.807) is 0 Å². The molecule has 3 N–H and O–H groups in total. The van der Waals surface area contributed by atoms with Crippen LogP contribution < -0.4 is 10.6 Å². The minimum Gasteiger partial charge on any atom is -0.361 e. The van der Waals surface area contributed by atoms with Crippen LogP contribution in [0.3, 0.4) is 0 Å². The van der Waals surface area contributed by atoms with Crippen LogP contribution in [-0.2, 0) is 4.79 Å². The lowest BCUT2D eigenvalue weighted by Gasteiger charge is -2.22. The van der Waals surface area contributed by atoms with E-state index in [0.717, 1.165) is 36.1 Å². The van der Waals surface area contributed by atoms with Gasteiger partial charge in [-0.05, 0) is 62.5 Å². The molecule has 0 aliphatic carbocycles. The van der Waals surface area contributed by atoms with E-state index in [9.17, 15) is 4.79 Å². The molecule has 1 atom stereocenters. The first-order valence-corrected chi connectivity index (χ1v) is 7.39. The van der Waals surface area contributed by atoms with Crippen LogP contribution >= 0.6 is 0 Å². The summed E-state index contributed by atoms with van der Waals surface area (Å²) in [5, 5.41) is 7.50. The number of hydrogen-bond donors (Lipinski definition) is 3. The Kier molecular flexibility index (Phi) is 4.02. The molecule has 2 heterocycles. The topological polar surface area (TPSA) is 56.9 Å². The SMILES string of the molecule is O=C(CCC1CCCNC1)Nc1ccc2[nH]ccc2c1. The Balaban J connectivity index is 1.52. The predicted octanol–water partition coefficient (Wildman–Crippen LogP) is 2.89. The quantitative estimate of drug-likeness (QED) is 0.801. The number of hydrogen-bond acceptors (Lipinski definition) is 2. The molecule has 0 spiro atoms. The number of nitrogens with one attached hydrogen (secondary N) is 3. The summed E-state index contributed by atoms with van der Waals surface area (Å²) < 4.78 is 0. The highest BCUT2D eigenvalue weighted by molar-refractivity contribution is 5.93. The third-order valence-electron chi connectivity index (χ3n) is 4.02. The number of carbonyl (C=O) groups is 1. The molecule has 1 fully saturated rings. The van der Waals surface area contributed by atoms with Crippen molar-refractivity contribution in [2.24, 2.45) is 5.92 Å². The summed E-state index contributed by atoms with van der Waals surface area (Å²) in [6, 6.07) is 7.96. The van der Waals surface area contributed by atoms with Gasteiger partial charge < -0.3 is 15.6 Å². The smallest absolute Gasteiger partial charge is 0.224 e. The molecule has 1 aliphatic heterocycles. The van der Waals surface area contributed by atoms with Crippen LogP contribution in [-0.4, -0.2) is 24.0 Å². The number of anilines is 1. The van der Waals surface area contributed by atoms with E-state index in [0.29, 0.717) is 12.3 Å². The van der Waals surface area contributed by atoms with Crippen molar-refractivity contribution in [1.29, 1.82) is 0 Å². The maximum atomic E-state index is 12.0. The second kappa shape index (κ2) is 6.09. The lowest BCUT2D eigenvalue weighted by Crippen LogP contribution is -2.30. The number of rotatable bonds is 4. The van der Waals surface area contributed by atoms with E-state index in [4.69, 9.17) is 0 Å². The fourth-order valence-electron chi connectivity index (χ4n) is 2.86. The Bertz CT molecular complexity index is 584. The van der Waals surface area contributed by atoms with Crippen LogP contribution in [0.15, 0.2) is 30.5 Å². The van der Waals surface area contributed by atoms with Crippen LogP contribution in [0, 0.1) is 5.92 Å². The summed E-state index contributed by atoms with van der Waals surface area (Å²) >= 11 is 0. The standard InChI is InChI=1S/C16H21N3O/c20-16(6-3-12-2-1-8-17-11-12)19-14-4-5-15-13(10-14)7-9-18-15/h4-5,7,9-10,12,17-18H,1-3,6,8,11H2,(H,19,20). The Labute approximate surface area is 118 Å². The van der Waals surface area contributed by atoms with Crippen LogP contribution in [0.25, 0.3) is 10.9 Å². The van der Waals surface area contributed by atoms with E-state index in [1.807, 2.05) is 30.5 Å². The maximum Gasteiger partial charge on any atom is 0.224 e. The molecule has 4 nitrogen and oxygen atoms in total. The van der Waals surface area contributed by atoms with Crippen molar-refractivity contribution in [1.82, 2.24) is 10.3 Å². The zero-order valence-corrected chi connectivity index (χ0v) is 11.6. The Morgan fingerprint density at radius 1 is 1.35 bits per heavy atom. The second-order valence-electron chi connectivity index (χ2n) is 5.58. The summed E-state index contributed by atoms with van der Waals surface area (Å²) in [5.74, 6) is 0.770. The average molecular weight is 271 g/mol. The van der Waals surface area contributed by atoms with E-state index in [-0.39, 0.29) is 5.91 Å². The van der Waals surface area contributed by atoms with Crippen molar-refractivity contribution in [2.45, 2.75) is 25.7 Å². The molecule has 0 saturated carbocycles. The first kappa shape index (κ1) is 13.2. The van der Waals surface area contributed by atoms with Gasteiger partial charge in [-0.3, -0.25) is 4.79 Å². The zero-order chi connectivity index (χ0) is 13.8. The molecule has 1 aromatic heterocycles. The number of amides is 1. The Morgan fingerprint density at radius 3 is 3.15 bits per heavy atom. The zero-order valence-electron chi connectivity index (χ0n) is 11.6. The van der Waals surface area contributed by atoms with Gasteiger partial charge >= 0.3 is 0 Å². The van der Waals surface area contributed by atoms with Crippen molar-refractivity contribution in [3.8, 4) is 0 Å². The largest absolute Gasteiger partial charge is 0.361 e. The Hall–Kier alpha value is -1.81. The van der Waals surface area contributed by atoms with Crippen LogP contribution in [0.5, 0.6) is 0 Å². The minimum atomic E-state index is 0.116. The molecule has 0 bridgehead atoms. The predicted molar refractivity (Wildman–Crippen MR) is 81.8 cm³/mol. The third kappa shape index (κ3) is 3.20. The number of fused-ring (bicyclic) bond motifs is 1. The van der Waals surface area contributed by atoms with Gasteiger partial charge in [-0.15, -0.1) is 0 Å². The fraction of sp³-hybridized carbons (Fsp3) is 0.438. The molecule has 0 radical (unpaired) electrons. The highest BCUT2D eigenvalue weighted by Gasteiger charge is 2.14.